The minimum Gasteiger partial charge on any atom is -0.458 e. The topological polar surface area (TPSA) is 75.9 Å². The van der Waals surface area contributed by atoms with Gasteiger partial charge in [-0.15, -0.1) is 0 Å². The van der Waals surface area contributed by atoms with Crippen molar-refractivity contribution in [1.29, 1.82) is 0 Å². The molecule has 1 heterocycles. The second kappa shape index (κ2) is 4.91. The minimum absolute atomic E-state index is 0.349. The fourth-order valence-corrected chi connectivity index (χ4v) is 1.81. The van der Waals surface area contributed by atoms with Gasteiger partial charge in [-0.05, 0) is 33.6 Å². The molecule has 2 amide bonds. The van der Waals surface area contributed by atoms with E-state index in [0.29, 0.717) is 13.0 Å². The molecule has 0 unspecified atom stereocenters. The number of hydrazine groups is 1. The van der Waals surface area contributed by atoms with Gasteiger partial charge in [-0.25, -0.2) is 15.4 Å². The fraction of sp³-hybridized carbons (Fsp3) is 0.818. The number of likely N-dealkylation sites (tertiary alicyclic amines) is 1. The molecule has 2 N–H and O–H groups in total. The van der Waals surface area contributed by atoms with E-state index in [1.54, 1.807) is 20.8 Å². The van der Waals surface area contributed by atoms with E-state index in [0.717, 1.165) is 11.4 Å². The lowest BCUT2D eigenvalue weighted by Gasteiger charge is -2.28. The Hall–Kier alpha value is -1.30. The van der Waals surface area contributed by atoms with Crippen molar-refractivity contribution in [2.24, 2.45) is 5.84 Å². The maximum atomic E-state index is 11.9. The van der Waals surface area contributed by atoms with E-state index >= 15 is 0 Å². The van der Waals surface area contributed by atoms with E-state index < -0.39 is 11.6 Å². The first-order chi connectivity index (χ1) is 7.72. The molecule has 17 heavy (non-hydrogen) atoms. The number of carbonyl (C=O) groups is 2. The van der Waals surface area contributed by atoms with Crippen LogP contribution in [0.15, 0.2) is 0 Å². The van der Waals surface area contributed by atoms with Crippen LogP contribution >= 0.6 is 0 Å². The first-order valence-electron chi connectivity index (χ1n) is 5.74. The summed E-state index contributed by atoms with van der Waals surface area (Å²) in [5.74, 6) is 5.04. The zero-order valence-corrected chi connectivity index (χ0v) is 10.9. The van der Waals surface area contributed by atoms with Crippen molar-refractivity contribution < 1.29 is 14.3 Å². The van der Waals surface area contributed by atoms with Gasteiger partial charge in [-0.2, -0.15) is 0 Å². The first kappa shape index (κ1) is 13.8. The van der Waals surface area contributed by atoms with Crippen LogP contribution in [0.25, 0.3) is 0 Å². The third-order valence-electron chi connectivity index (χ3n) is 2.48. The highest BCUT2D eigenvalue weighted by Crippen LogP contribution is 2.21. The number of amides is 2. The number of ether oxygens (including phenoxy) is 1. The molecule has 1 aliphatic heterocycles. The summed E-state index contributed by atoms with van der Waals surface area (Å²) in [4.78, 5) is 25.1. The van der Waals surface area contributed by atoms with E-state index in [2.05, 4.69) is 0 Å². The minimum atomic E-state index is -0.539. The predicted octanol–water partition coefficient (Wildman–Crippen LogP) is 0.718. The summed E-state index contributed by atoms with van der Waals surface area (Å²) in [5, 5.41) is 0.989. The smallest absolute Gasteiger partial charge is 0.334 e. The van der Waals surface area contributed by atoms with Crippen LogP contribution in [-0.2, 0) is 9.53 Å². The molecule has 0 aliphatic carbocycles. The van der Waals surface area contributed by atoms with Crippen LogP contribution in [0.1, 0.15) is 33.6 Å². The standard InChI is InChI=1S/C11H21N3O3/c1-11(2,3)17-9(15)8-6-5-7-14(8)10(16)13(4)12/h8H,5-7,12H2,1-4H3/t8-/m0/s1. The molecule has 0 aromatic carbocycles. The maximum absolute atomic E-state index is 11.9. The van der Waals surface area contributed by atoms with E-state index in [4.69, 9.17) is 10.6 Å². The largest absolute Gasteiger partial charge is 0.458 e. The molecule has 1 atom stereocenters. The molecule has 1 aliphatic rings. The summed E-state index contributed by atoms with van der Waals surface area (Å²) in [5.41, 5.74) is -0.539. The fourth-order valence-electron chi connectivity index (χ4n) is 1.81. The number of carbonyl (C=O) groups excluding carboxylic acids is 2. The van der Waals surface area contributed by atoms with Crippen molar-refractivity contribution in [3.8, 4) is 0 Å². The van der Waals surface area contributed by atoms with Crippen LogP contribution in [0, 0.1) is 0 Å². The summed E-state index contributed by atoms with van der Waals surface area (Å²) in [7, 11) is 1.47. The van der Waals surface area contributed by atoms with Crippen LogP contribution in [0.5, 0.6) is 0 Å². The molecule has 0 radical (unpaired) electrons. The van der Waals surface area contributed by atoms with Gasteiger partial charge in [0.25, 0.3) is 0 Å². The molecule has 0 spiro atoms. The van der Waals surface area contributed by atoms with Crippen molar-refractivity contribution in [2.45, 2.75) is 45.3 Å². The summed E-state index contributed by atoms with van der Waals surface area (Å²) in [6, 6.07) is -0.855. The van der Waals surface area contributed by atoms with Gasteiger partial charge >= 0.3 is 12.0 Å². The third kappa shape index (κ3) is 3.59. The molecule has 98 valence electrons. The number of hydrogen-bond donors (Lipinski definition) is 1. The van der Waals surface area contributed by atoms with Crippen LogP contribution in [0.4, 0.5) is 4.79 Å². The van der Waals surface area contributed by atoms with Crippen LogP contribution in [0.3, 0.4) is 0 Å². The number of nitrogens with two attached hydrogens (primary N) is 1. The molecule has 1 saturated heterocycles. The van der Waals surface area contributed by atoms with Crippen LogP contribution in [0.2, 0.25) is 0 Å². The van der Waals surface area contributed by atoms with E-state index in [1.807, 2.05) is 0 Å². The maximum Gasteiger partial charge on any atom is 0.334 e. The van der Waals surface area contributed by atoms with E-state index in [1.165, 1.54) is 11.9 Å². The van der Waals surface area contributed by atoms with Gasteiger partial charge in [0.2, 0.25) is 0 Å². The number of nitrogens with zero attached hydrogens (tertiary/aromatic N) is 2. The van der Waals surface area contributed by atoms with Crippen molar-refractivity contribution in [2.75, 3.05) is 13.6 Å². The molecule has 0 saturated carbocycles. The normalized spacial score (nSPS) is 20.3. The molecule has 1 rings (SSSR count). The molecule has 0 aromatic heterocycles. The quantitative estimate of drug-likeness (QED) is 0.318. The predicted molar refractivity (Wildman–Crippen MR) is 62.9 cm³/mol. The Labute approximate surface area is 102 Å². The number of rotatable bonds is 1. The van der Waals surface area contributed by atoms with E-state index in [-0.39, 0.29) is 12.0 Å². The van der Waals surface area contributed by atoms with Crippen molar-refractivity contribution in [3.63, 3.8) is 0 Å². The Kier molecular flexibility index (Phi) is 3.98. The lowest BCUT2D eigenvalue weighted by atomic mass is 10.1. The highest BCUT2D eigenvalue weighted by atomic mass is 16.6. The highest BCUT2D eigenvalue weighted by molar-refractivity contribution is 5.84. The Morgan fingerprint density at radius 3 is 2.47 bits per heavy atom. The summed E-state index contributed by atoms with van der Waals surface area (Å²) >= 11 is 0. The molecule has 6 nitrogen and oxygen atoms in total. The summed E-state index contributed by atoms with van der Waals surface area (Å²) in [6.07, 6.45) is 1.43. The molecule has 0 aromatic rings. The lowest BCUT2D eigenvalue weighted by molar-refractivity contribution is -0.159. The van der Waals surface area contributed by atoms with Crippen molar-refractivity contribution in [3.05, 3.63) is 0 Å². The Morgan fingerprint density at radius 2 is 2.00 bits per heavy atom. The Bertz CT molecular complexity index is 310. The highest BCUT2D eigenvalue weighted by Gasteiger charge is 2.37. The summed E-state index contributed by atoms with van der Waals surface area (Å²) in [6.45, 7) is 5.97. The number of urea groups is 1. The number of hydrogen-bond acceptors (Lipinski definition) is 4. The molecule has 6 heteroatoms. The van der Waals surface area contributed by atoms with Gasteiger partial charge in [0.15, 0.2) is 0 Å². The van der Waals surface area contributed by atoms with Gasteiger partial charge in [0.05, 0.1) is 0 Å². The van der Waals surface area contributed by atoms with Crippen LogP contribution in [-0.4, -0.2) is 47.1 Å². The van der Waals surface area contributed by atoms with Gasteiger partial charge in [0, 0.05) is 13.6 Å². The van der Waals surface area contributed by atoms with Crippen molar-refractivity contribution >= 4 is 12.0 Å². The second-order valence-corrected chi connectivity index (χ2v) is 5.28. The number of esters is 1. The second-order valence-electron chi connectivity index (χ2n) is 5.28. The van der Waals surface area contributed by atoms with E-state index in [9.17, 15) is 9.59 Å². The monoisotopic (exact) mass is 243 g/mol. The molecule has 1 fully saturated rings. The zero-order chi connectivity index (χ0) is 13.2. The van der Waals surface area contributed by atoms with Gasteiger partial charge in [-0.3, -0.25) is 5.01 Å². The summed E-state index contributed by atoms with van der Waals surface area (Å²) < 4.78 is 5.29. The Morgan fingerprint density at radius 1 is 1.41 bits per heavy atom. The zero-order valence-electron chi connectivity index (χ0n) is 10.9. The average Bonchev–Trinajstić information content (AvgIpc) is 2.61. The average molecular weight is 243 g/mol. The molecular formula is C11H21N3O3. The van der Waals surface area contributed by atoms with Gasteiger partial charge in [-0.1, -0.05) is 0 Å². The molecular weight excluding hydrogens is 222 g/mol. The SMILES string of the molecule is CN(N)C(=O)N1CCC[C@H]1C(=O)OC(C)(C)C. The molecule has 0 bridgehead atoms. The van der Waals surface area contributed by atoms with Crippen molar-refractivity contribution in [1.82, 2.24) is 9.91 Å². The van der Waals surface area contributed by atoms with Crippen LogP contribution < -0.4 is 5.84 Å². The van der Waals surface area contributed by atoms with Gasteiger partial charge < -0.3 is 9.64 Å². The lowest BCUT2D eigenvalue weighted by Crippen LogP contribution is -2.50. The van der Waals surface area contributed by atoms with Gasteiger partial charge in [0.1, 0.15) is 11.6 Å². The first-order valence-corrected chi connectivity index (χ1v) is 5.74. The third-order valence-corrected chi connectivity index (χ3v) is 2.48. The Balaban J connectivity index is 2.70.